The largest absolute Gasteiger partial charge is 0.491 e. The minimum Gasteiger partial charge on any atom is -0.491 e. The van der Waals surface area contributed by atoms with Crippen molar-refractivity contribution in [2.24, 2.45) is 12.0 Å². The monoisotopic (exact) mass is 549 g/mol. The molecule has 14 heteroatoms. The highest BCUT2D eigenvalue weighted by molar-refractivity contribution is 5.95. The Balaban J connectivity index is 1.83. The molecule has 0 aliphatic rings. The summed E-state index contributed by atoms with van der Waals surface area (Å²) >= 11 is 0. The van der Waals surface area contributed by atoms with Crippen LogP contribution in [0.2, 0.25) is 0 Å². The number of aromatic nitrogens is 6. The number of rotatable bonds is 9. The maximum absolute atomic E-state index is 13.8. The van der Waals surface area contributed by atoms with Crippen LogP contribution < -0.4 is 9.47 Å². The molecule has 4 rings (SSSR count). The van der Waals surface area contributed by atoms with Crippen molar-refractivity contribution in [2.45, 2.75) is 33.0 Å². The van der Waals surface area contributed by atoms with E-state index in [-0.39, 0.29) is 23.8 Å². The number of benzene rings is 1. The minimum absolute atomic E-state index is 0.187. The number of nitrogens with zero attached hydrogens (tertiary/aromatic N) is 7. The average molecular weight is 550 g/mol. The number of aliphatic imine (C=N–C) groups is 1. The summed E-state index contributed by atoms with van der Waals surface area (Å²) in [5, 5.41) is 8.84. The zero-order valence-corrected chi connectivity index (χ0v) is 21.4. The van der Waals surface area contributed by atoms with E-state index in [0.717, 1.165) is 4.68 Å². The molecule has 39 heavy (non-hydrogen) atoms. The van der Waals surface area contributed by atoms with Gasteiger partial charge in [0.1, 0.15) is 11.4 Å². The number of hydrogen-bond donors (Lipinski definition) is 0. The summed E-state index contributed by atoms with van der Waals surface area (Å²) in [6.45, 7) is 1.63. The Bertz CT molecular complexity index is 1540. The van der Waals surface area contributed by atoms with Crippen LogP contribution in [0, 0.1) is 0 Å². The second kappa shape index (κ2) is 11.2. The lowest BCUT2D eigenvalue weighted by Gasteiger charge is -2.12. The first kappa shape index (κ1) is 27.7. The van der Waals surface area contributed by atoms with Crippen LogP contribution >= 0.6 is 0 Å². The minimum atomic E-state index is -4.67. The van der Waals surface area contributed by atoms with Gasteiger partial charge in [0.15, 0.2) is 24.0 Å². The standard InChI is InChI=1S/C25H24F5N7O2/c1-5-8-14(2)32-22-18(38-4)11-31-23(33-22)20-15-9-6-7-10-17(15)37(35-20)12-16-19(21(26)27)34-36(3)24(16)39-13-25(28,29)30/h5-11,21H,12-13H2,1-4H3/b8-5-,32-14?. The Morgan fingerprint density at radius 1 is 1.18 bits per heavy atom. The second-order valence-electron chi connectivity index (χ2n) is 8.36. The van der Waals surface area contributed by atoms with Gasteiger partial charge in [-0.25, -0.2) is 28.4 Å². The molecule has 0 aliphatic heterocycles. The van der Waals surface area contributed by atoms with Crippen molar-refractivity contribution in [3.63, 3.8) is 0 Å². The van der Waals surface area contributed by atoms with Crippen LogP contribution in [0.4, 0.5) is 27.8 Å². The molecule has 3 heterocycles. The van der Waals surface area contributed by atoms with E-state index in [0.29, 0.717) is 28.1 Å². The fraction of sp³-hybridized carbons (Fsp3) is 0.320. The maximum atomic E-state index is 13.8. The van der Waals surface area contributed by atoms with Gasteiger partial charge in [0.05, 0.1) is 30.9 Å². The van der Waals surface area contributed by atoms with E-state index in [9.17, 15) is 22.0 Å². The van der Waals surface area contributed by atoms with Gasteiger partial charge in [-0.3, -0.25) is 4.68 Å². The summed E-state index contributed by atoms with van der Waals surface area (Å²) in [4.78, 5) is 13.3. The molecule has 0 atom stereocenters. The molecule has 0 saturated carbocycles. The normalized spacial score (nSPS) is 12.7. The van der Waals surface area contributed by atoms with Crippen LogP contribution in [-0.4, -0.2) is 55.1 Å². The lowest BCUT2D eigenvalue weighted by molar-refractivity contribution is -0.154. The fourth-order valence-electron chi connectivity index (χ4n) is 3.94. The van der Waals surface area contributed by atoms with E-state index in [2.05, 4.69) is 25.2 Å². The predicted octanol–water partition coefficient (Wildman–Crippen LogP) is 5.83. The van der Waals surface area contributed by atoms with Crippen LogP contribution in [0.25, 0.3) is 22.4 Å². The van der Waals surface area contributed by atoms with E-state index in [1.165, 1.54) is 25.0 Å². The highest BCUT2D eigenvalue weighted by Crippen LogP contribution is 2.34. The van der Waals surface area contributed by atoms with Gasteiger partial charge in [-0.05, 0) is 26.0 Å². The van der Waals surface area contributed by atoms with Crippen LogP contribution in [0.15, 0.2) is 47.6 Å². The summed E-state index contributed by atoms with van der Waals surface area (Å²) < 4.78 is 78.6. The Labute approximate surface area is 219 Å². The van der Waals surface area contributed by atoms with Crippen molar-refractivity contribution in [3.05, 3.63) is 53.9 Å². The summed E-state index contributed by atoms with van der Waals surface area (Å²) in [5.41, 5.74) is 0.562. The van der Waals surface area contributed by atoms with Crippen molar-refractivity contribution >= 4 is 22.4 Å². The molecule has 0 amide bonds. The van der Waals surface area contributed by atoms with Crippen molar-refractivity contribution in [1.29, 1.82) is 0 Å². The third-order valence-electron chi connectivity index (χ3n) is 5.52. The van der Waals surface area contributed by atoms with E-state index < -0.39 is 30.8 Å². The first-order valence-corrected chi connectivity index (χ1v) is 11.6. The molecule has 0 bridgehead atoms. The summed E-state index contributed by atoms with van der Waals surface area (Å²) in [6.07, 6.45) is -2.67. The van der Waals surface area contributed by atoms with Crippen molar-refractivity contribution in [3.8, 4) is 23.1 Å². The lowest BCUT2D eigenvalue weighted by atomic mass is 10.2. The molecule has 0 aliphatic carbocycles. The Hall–Kier alpha value is -4.36. The highest BCUT2D eigenvalue weighted by atomic mass is 19.4. The predicted molar refractivity (Wildman–Crippen MR) is 134 cm³/mol. The van der Waals surface area contributed by atoms with Gasteiger partial charge in [-0.15, -0.1) is 0 Å². The number of hydrogen-bond acceptors (Lipinski definition) is 7. The second-order valence-corrected chi connectivity index (χ2v) is 8.36. The van der Waals surface area contributed by atoms with Gasteiger partial charge in [-0.1, -0.05) is 24.3 Å². The quantitative estimate of drug-likeness (QED) is 0.193. The van der Waals surface area contributed by atoms with Gasteiger partial charge < -0.3 is 9.47 Å². The first-order chi connectivity index (χ1) is 18.5. The zero-order chi connectivity index (χ0) is 28.3. The van der Waals surface area contributed by atoms with E-state index in [1.54, 1.807) is 37.3 Å². The molecular weight excluding hydrogens is 525 g/mol. The van der Waals surface area contributed by atoms with Gasteiger partial charge in [0, 0.05) is 18.1 Å². The van der Waals surface area contributed by atoms with E-state index in [4.69, 9.17) is 9.47 Å². The van der Waals surface area contributed by atoms with Gasteiger partial charge >= 0.3 is 6.18 Å². The van der Waals surface area contributed by atoms with Crippen molar-refractivity contribution < 1.29 is 31.4 Å². The maximum Gasteiger partial charge on any atom is 0.422 e. The van der Waals surface area contributed by atoms with Crippen LogP contribution in [0.5, 0.6) is 11.6 Å². The number of fused-ring (bicyclic) bond motifs is 1. The molecule has 206 valence electrons. The van der Waals surface area contributed by atoms with E-state index >= 15 is 0 Å². The molecule has 0 fully saturated rings. The molecule has 9 nitrogen and oxygen atoms in total. The fourth-order valence-corrected chi connectivity index (χ4v) is 3.94. The number of para-hydroxylation sites is 1. The van der Waals surface area contributed by atoms with Gasteiger partial charge in [-0.2, -0.15) is 23.4 Å². The van der Waals surface area contributed by atoms with Crippen molar-refractivity contribution in [2.75, 3.05) is 13.7 Å². The number of aryl methyl sites for hydroxylation is 1. The number of halogens is 5. The third-order valence-corrected chi connectivity index (χ3v) is 5.52. The molecule has 0 saturated heterocycles. The lowest BCUT2D eigenvalue weighted by Crippen LogP contribution is -2.21. The molecule has 1 aromatic carbocycles. The Morgan fingerprint density at radius 3 is 2.59 bits per heavy atom. The summed E-state index contributed by atoms with van der Waals surface area (Å²) in [6, 6.07) is 6.91. The van der Waals surface area contributed by atoms with Crippen molar-refractivity contribution in [1.82, 2.24) is 29.5 Å². The SMILES string of the molecule is C/C=C\C(C)=Nc1nc(-c2nn(Cc3c(C(F)F)nn(C)c3OCC(F)(F)F)c3ccccc23)ncc1OC. The highest BCUT2D eigenvalue weighted by Gasteiger charge is 2.32. The topological polar surface area (TPSA) is 92.2 Å². The molecule has 0 radical (unpaired) electrons. The number of alkyl halides is 5. The Kier molecular flexibility index (Phi) is 7.93. The van der Waals surface area contributed by atoms with Crippen LogP contribution in [-0.2, 0) is 13.6 Å². The molecule has 3 aromatic heterocycles. The molecular formula is C25H24F5N7O2. The van der Waals surface area contributed by atoms with Gasteiger partial charge in [0.25, 0.3) is 6.43 Å². The summed E-state index contributed by atoms with van der Waals surface area (Å²) in [5.74, 6) is 0.341. The summed E-state index contributed by atoms with van der Waals surface area (Å²) in [7, 11) is 2.69. The molecule has 0 unspecified atom stereocenters. The van der Waals surface area contributed by atoms with E-state index in [1.807, 2.05) is 13.0 Å². The van der Waals surface area contributed by atoms with Gasteiger partial charge in [0.2, 0.25) is 5.88 Å². The number of methoxy groups -OCH3 is 1. The third kappa shape index (κ3) is 6.04. The average Bonchev–Trinajstić information content (AvgIpc) is 3.40. The van der Waals surface area contributed by atoms with Crippen LogP contribution in [0.1, 0.15) is 31.5 Å². The number of allylic oxidation sites excluding steroid dienone is 2. The Morgan fingerprint density at radius 2 is 1.92 bits per heavy atom. The molecule has 0 N–H and O–H groups in total. The smallest absolute Gasteiger partial charge is 0.422 e. The zero-order valence-electron chi connectivity index (χ0n) is 21.4. The molecule has 0 spiro atoms. The molecule has 4 aromatic rings. The number of ether oxygens (including phenoxy) is 2. The van der Waals surface area contributed by atoms with Crippen LogP contribution in [0.3, 0.4) is 0 Å². The first-order valence-electron chi connectivity index (χ1n) is 11.6.